The van der Waals surface area contributed by atoms with Gasteiger partial charge in [0.25, 0.3) is 5.91 Å². The summed E-state index contributed by atoms with van der Waals surface area (Å²) >= 11 is 0. The maximum absolute atomic E-state index is 14.2. The van der Waals surface area contributed by atoms with Crippen molar-refractivity contribution in [1.82, 2.24) is 4.90 Å². The van der Waals surface area contributed by atoms with Crippen LogP contribution in [0, 0.1) is 5.82 Å². The summed E-state index contributed by atoms with van der Waals surface area (Å²) in [5.41, 5.74) is 0.637. The Morgan fingerprint density at radius 3 is 2.55 bits per heavy atom. The van der Waals surface area contributed by atoms with Crippen LogP contribution >= 0.6 is 0 Å². The molecule has 0 spiro atoms. The van der Waals surface area contributed by atoms with Crippen LogP contribution in [0.3, 0.4) is 0 Å². The third-order valence-corrected chi connectivity index (χ3v) is 3.28. The Kier molecular flexibility index (Phi) is 4.44. The molecule has 0 N–H and O–H groups in total. The zero-order chi connectivity index (χ0) is 14.7. The van der Waals surface area contributed by atoms with Crippen molar-refractivity contribution in [2.24, 2.45) is 0 Å². The van der Waals surface area contributed by atoms with E-state index >= 15 is 0 Å². The molecule has 1 fully saturated rings. The summed E-state index contributed by atoms with van der Waals surface area (Å²) in [6, 6.07) is 2.79. The van der Waals surface area contributed by atoms with Gasteiger partial charge in [0.2, 0.25) is 0 Å². The monoisotopic (exact) mass is 282 g/mol. The molecule has 20 heavy (non-hydrogen) atoms. The molecule has 0 bridgehead atoms. The number of hydrogen-bond acceptors (Lipinski definition) is 4. The summed E-state index contributed by atoms with van der Waals surface area (Å²) in [5.74, 6) is -0.381. The van der Waals surface area contributed by atoms with Gasteiger partial charge in [-0.1, -0.05) is 0 Å². The van der Waals surface area contributed by atoms with E-state index in [-0.39, 0.29) is 11.5 Å². The summed E-state index contributed by atoms with van der Waals surface area (Å²) < 4.78 is 24.6. The van der Waals surface area contributed by atoms with E-state index in [1.54, 1.807) is 23.9 Å². The molecule has 6 heteroatoms. The first kappa shape index (κ1) is 14.6. The fourth-order valence-corrected chi connectivity index (χ4v) is 2.16. The lowest BCUT2D eigenvalue weighted by Gasteiger charge is -2.27. The van der Waals surface area contributed by atoms with Crippen molar-refractivity contribution in [3.63, 3.8) is 0 Å². The largest absolute Gasteiger partial charge is 0.495 e. The van der Waals surface area contributed by atoms with E-state index in [0.717, 1.165) is 0 Å². The van der Waals surface area contributed by atoms with Crippen molar-refractivity contribution in [2.75, 3.05) is 52.4 Å². The minimum atomic E-state index is -0.536. The van der Waals surface area contributed by atoms with Crippen LogP contribution in [0.2, 0.25) is 0 Å². The van der Waals surface area contributed by atoms with Gasteiger partial charge in [-0.2, -0.15) is 0 Å². The van der Waals surface area contributed by atoms with E-state index in [1.165, 1.54) is 19.2 Å². The maximum atomic E-state index is 14.2. The highest BCUT2D eigenvalue weighted by Crippen LogP contribution is 2.30. The summed E-state index contributed by atoms with van der Waals surface area (Å²) in [5, 5.41) is 0. The molecule has 1 aromatic rings. The second-order valence-corrected chi connectivity index (χ2v) is 4.80. The molecule has 0 aromatic heterocycles. The minimum Gasteiger partial charge on any atom is -0.495 e. The van der Waals surface area contributed by atoms with Crippen molar-refractivity contribution in [1.29, 1.82) is 0 Å². The Labute approximate surface area is 117 Å². The molecule has 0 aliphatic carbocycles. The Morgan fingerprint density at radius 2 is 2.00 bits per heavy atom. The van der Waals surface area contributed by atoms with Crippen LogP contribution in [0.25, 0.3) is 0 Å². The van der Waals surface area contributed by atoms with Crippen molar-refractivity contribution in [2.45, 2.75) is 0 Å². The fraction of sp³-hybridized carbons (Fsp3) is 0.500. The predicted molar refractivity (Wildman–Crippen MR) is 74.0 cm³/mol. The van der Waals surface area contributed by atoms with Crippen molar-refractivity contribution in [3.05, 3.63) is 23.5 Å². The van der Waals surface area contributed by atoms with Crippen LogP contribution in [-0.2, 0) is 4.74 Å². The SMILES string of the molecule is COc1cc(C(=O)N2CCOCC2)c(F)cc1N(C)C. The molecular formula is C14H19FN2O3. The number of anilines is 1. The molecule has 1 heterocycles. The van der Waals surface area contributed by atoms with Gasteiger partial charge in [0, 0.05) is 33.3 Å². The molecule has 1 saturated heterocycles. The second kappa shape index (κ2) is 6.09. The number of hydrogen-bond donors (Lipinski definition) is 0. The average molecular weight is 282 g/mol. The summed E-state index contributed by atoms with van der Waals surface area (Å²) in [6.45, 7) is 1.94. The number of ether oxygens (including phenoxy) is 2. The van der Waals surface area contributed by atoms with E-state index in [2.05, 4.69) is 0 Å². The molecule has 1 aliphatic heterocycles. The number of carbonyl (C=O) groups is 1. The first-order valence-electron chi connectivity index (χ1n) is 6.46. The molecule has 0 atom stereocenters. The molecular weight excluding hydrogens is 263 g/mol. The molecule has 0 saturated carbocycles. The van der Waals surface area contributed by atoms with Gasteiger partial charge in [-0.25, -0.2) is 4.39 Å². The van der Waals surface area contributed by atoms with Crippen LogP contribution in [0.5, 0.6) is 5.75 Å². The fourth-order valence-electron chi connectivity index (χ4n) is 2.16. The van der Waals surface area contributed by atoms with Gasteiger partial charge in [0.1, 0.15) is 11.6 Å². The van der Waals surface area contributed by atoms with Gasteiger partial charge in [-0.15, -0.1) is 0 Å². The molecule has 0 unspecified atom stereocenters. The summed E-state index contributed by atoms with van der Waals surface area (Å²) in [7, 11) is 5.09. The smallest absolute Gasteiger partial charge is 0.257 e. The number of morpholine rings is 1. The third kappa shape index (κ3) is 2.85. The van der Waals surface area contributed by atoms with Crippen LogP contribution in [0.4, 0.5) is 10.1 Å². The Balaban J connectivity index is 2.33. The molecule has 5 nitrogen and oxygen atoms in total. The lowest BCUT2D eigenvalue weighted by atomic mass is 10.1. The lowest BCUT2D eigenvalue weighted by Crippen LogP contribution is -2.41. The second-order valence-electron chi connectivity index (χ2n) is 4.80. The highest BCUT2D eigenvalue weighted by molar-refractivity contribution is 5.95. The average Bonchev–Trinajstić information content (AvgIpc) is 2.47. The predicted octanol–water partition coefficient (Wildman–Crippen LogP) is 1.37. The van der Waals surface area contributed by atoms with Crippen molar-refractivity contribution < 1.29 is 18.7 Å². The Morgan fingerprint density at radius 1 is 1.35 bits per heavy atom. The first-order valence-corrected chi connectivity index (χ1v) is 6.46. The maximum Gasteiger partial charge on any atom is 0.257 e. The number of benzene rings is 1. The molecule has 1 aromatic carbocycles. The van der Waals surface area contributed by atoms with E-state index in [4.69, 9.17) is 9.47 Å². The Hall–Kier alpha value is -1.82. The van der Waals surface area contributed by atoms with Crippen molar-refractivity contribution in [3.8, 4) is 5.75 Å². The number of methoxy groups -OCH3 is 1. The van der Waals surface area contributed by atoms with Gasteiger partial charge in [-0.05, 0) is 6.07 Å². The third-order valence-electron chi connectivity index (χ3n) is 3.28. The molecule has 110 valence electrons. The summed E-state index contributed by atoms with van der Waals surface area (Å²) in [6.07, 6.45) is 0. The van der Waals surface area contributed by atoms with Crippen LogP contribution in [0.15, 0.2) is 12.1 Å². The van der Waals surface area contributed by atoms with Gasteiger partial charge in [0.15, 0.2) is 0 Å². The first-order chi connectivity index (χ1) is 9.54. The highest BCUT2D eigenvalue weighted by Gasteiger charge is 2.23. The summed E-state index contributed by atoms with van der Waals surface area (Å²) in [4.78, 5) is 15.7. The van der Waals surface area contributed by atoms with Gasteiger partial charge in [0.05, 0.1) is 31.6 Å². The normalized spacial score (nSPS) is 15.1. The minimum absolute atomic E-state index is 0.0364. The van der Waals surface area contributed by atoms with E-state index < -0.39 is 5.82 Å². The number of rotatable bonds is 3. The Bertz CT molecular complexity index is 499. The van der Waals surface area contributed by atoms with Crippen LogP contribution in [-0.4, -0.2) is 58.3 Å². The standard InChI is InChI=1S/C14H19FN2O3/c1-16(2)12-9-11(15)10(8-13(12)19-3)14(18)17-4-6-20-7-5-17/h8-9H,4-7H2,1-3H3. The highest BCUT2D eigenvalue weighted by atomic mass is 19.1. The zero-order valence-electron chi connectivity index (χ0n) is 12.0. The zero-order valence-corrected chi connectivity index (χ0v) is 12.0. The number of nitrogens with zero attached hydrogens (tertiary/aromatic N) is 2. The molecule has 2 rings (SSSR count). The number of amides is 1. The van der Waals surface area contributed by atoms with Gasteiger partial charge in [-0.3, -0.25) is 4.79 Å². The van der Waals surface area contributed by atoms with Gasteiger partial charge < -0.3 is 19.3 Å². The number of carbonyl (C=O) groups excluding carboxylic acids is 1. The van der Waals surface area contributed by atoms with E-state index in [1.807, 2.05) is 0 Å². The lowest BCUT2D eigenvalue weighted by molar-refractivity contribution is 0.0299. The van der Waals surface area contributed by atoms with E-state index in [9.17, 15) is 9.18 Å². The van der Waals surface area contributed by atoms with E-state index in [0.29, 0.717) is 37.7 Å². The molecule has 1 aliphatic rings. The van der Waals surface area contributed by atoms with Gasteiger partial charge >= 0.3 is 0 Å². The van der Waals surface area contributed by atoms with Crippen LogP contribution in [0.1, 0.15) is 10.4 Å². The number of halogens is 1. The van der Waals surface area contributed by atoms with Crippen LogP contribution < -0.4 is 9.64 Å². The molecule has 1 amide bonds. The van der Waals surface area contributed by atoms with Crippen molar-refractivity contribution >= 4 is 11.6 Å². The quantitative estimate of drug-likeness (QED) is 0.840. The topological polar surface area (TPSA) is 42.0 Å². The molecule has 0 radical (unpaired) electrons.